The third kappa shape index (κ3) is 6.59. The molecule has 1 aromatic rings. The van der Waals surface area contributed by atoms with Crippen LogP contribution in [0.2, 0.25) is 0 Å². The number of amides is 2. The number of hydrazine groups is 1. The Hall–Kier alpha value is -1.60. The van der Waals surface area contributed by atoms with Crippen LogP contribution in [-0.4, -0.2) is 31.6 Å². The van der Waals surface area contributed by atoms with Crippen molar-refractivity contribution < 1.29 is 19.1 Å². The molecule has 0 saturated heterocycles. The molecular formula is C14H19BrN2O4. The maximum Gasteiger partial charge on any atom is 0.276 e. The number of hydrogen-bond donors (Lipinski definition) is 2. The van der Waals surface area contributed by atoms with E-state index in [1.165, 1.54) is 5.56 Å². The maximum atomic E-state index is 11.5. The molecule has 1 rings (SSSR count). The Bertz CT molecular complexity index is 494. The minimum atomic E-state index is -0.452. The van der Waals surface area contributed by atoms with Gasteiger partial charge in [0.1, 0.15) is 12.4 Å². The summed E-state index contributed by atoms with van der Waals surface area (Å²) in [5.74, 6) is -0.298. The summed E-state index contributed by atoms with van der Waals surface area (Å²) in [6.45, 7) is 3.98. The number of hydrogen-bond acceptors (Lipinski definition) is 4. The molecule has 7 heteroatoms. The molecule has 0 radical (unpaired) electrons. The maximum absolute atomic E-state index is 11.5. The van der Waals surface area contributed by atoms with Gasteiger partial charge < -0.3 is 9.47 Å². The van der Waals surface area contributed by atoms with Gasteiger partial charge in [0.2, 0.25) is 0 Å². The molecular weight excluding hydrogens is 340 g/mol. The summed E-state index contributed by atoms with van der Waals surface area (Å²) in [7, 11) is 0. The van der Waals surface area contributed by atoms with Gasteiger partial charge in [-0.1, -0.05) is 13.0 Å². The standard InChI is InChI=1S/C14H19BrN2O4/c1-3-10-5-6-12(11(15)7-10)21-9-14(19)17-16-13(18)8-20-4-2/h5-7H,3-4,8-9H2,1-2H3,(H,16,18)(H,17,19). The molecule has 0 aromatic heterocycles. The number of nitrogens with one attached hydrogen (secondary N) is 2. The minimum Gasteiger partial charge on any atom is -0.483 e. The van der Waals surface area contributed by atoms with E-state index in [0.29, 0.717) is 12.4 Å². The third-order valence-corrected chi connectivity index (χ3v) is 3.16. The quantitative estimate of drug-likeness (QED) is 0.725. The largest absolute Gasteiger partial charge is 0.483 e. The molecule has 0 atom stereocenters. The molecule has 21 heavy (non-hydrogen) atoms. The van der Waals surface area contributed by atoms with Crippen LogP contribution in [0.4, 0.5) is 0 Å². The van der Waals surface area contributed by atoms with Gasteiger partial charge in [0.05, 0.1) is 4.47 Å². The van der Waals surface area contributed by atoms with Crippen LogP contribution in [0, 0.1) is 0 Å². The van der Waals surface area contributed by atoms with Gasteiger partial charge in [-0.3, -0.25) is 20.4 Å². The highest BCUT2D eigenvalue weighted by molar-refractivity contribution is 9.10. The SMILES string of the molecule is CCOCC(=O)NNC(=O)COc1ccc(CC)cc1Br. The van der Waals surface area contributed by atoms with Crippen molar-refractivity contribution in [3.63, 3.8) is 0 Å². The summed E-state index contributed by atoms with van der Waals surface area (Å²) in [5.41, 5.74) is 5.64. The fraction of sp³-hybridized carbons (Fsp3) is 0.429. The summed E-state index contributed by atoms with van der Waals surface area (Å²) in [6.07, 6.45) is 0.922. The fourth-order valence-electron chi connectivity index (χ4n) is 1.43. The van der Waals surface area contributed by atoms with Crippen LogP contribution in [-0.2, 0) is 20.7 Å². The van der Waals surface area contributed by atoms with Gasteiger partial charge in [-0.05, 0) is 47.0 Å². The fourth-order valence-corrected chi connectivity index (χ4v) is 1.97. The van der Waals surface area contributed by atoms with E-state index in [9.17, 15) is 9.59 Å². The zero-order valence-electron chi connectivity index (χ0n) is 12.1. The van der Waals surface area contributed by atoms with Crippen molar-refractivity contribution in [3.05, 3.63) is 28.2 Å². The molecule has 0 aliphatic rings. The van der Waals surface area contributed by atoms with Gasteiger partial charge in [0, 0.05) is 6.61 Å². The molecule has 0 saturated carbocycles. The lowest BCUT2D eigenvalue weighted by atomic mass is 10.2. The van der Waals surface area contributed by atoms with Crippen molar-refractivity contribution in [1.82, 2.24) is 10.9 Å². The Kier molecular flexibility index (Phi) is 7.78. The number of ether oxygens (including phenoxy) is 2. The van der Waals surface area contributed by atoms with Gasteiger partial charge in [0.15, 0.2) is 6.61 Å². The number of aryl methyl sites for hydroxylation is 1. The average molecular weight is 359 g/mol. The number of benzene rings is 1. The van der Waals surface area contributed by atoms with Crippen LogP contribution in [0.5, 0.6) is 5.75 Å². The Morgan fingerprint density at radius 1 is 1.14 bits per heavy atom. The van der Waals surface area contributed by atoms with E-state index < -0.39 is 11.8 Å². The second-order valence-electron chi connectivity index (χ2n) is 4.14. The molecule has 0 unspecified atom stereocenters. The zero-order valence-corrected chi connectivity index (χ0v) is 13.7. The van der Waals surface area contributed by atoms with Crippen LogP contribution in [0.25, 0.3) is 0 Å². The van der Waals surface area contributed by atoms with Gasteiger partial charge in [-0.25, -0.2) is 0 Å². The van der Waals surface area contributed by atoms with Crippen molar-refractivity contribution in [3.8, 4) is 5.75 Å². The van der Waals surface area contributed by atoms with Crippen molar-refractivity contribution in [2.75, 3.05) is 19.8 Å². The van der Waals surface area contributed by atoms with E-state index in [-0.39, 0.29) is 13.2 Å². The Morgan fingerprint density at radius 2 is 1.81 bits per heavy atom. The molecule has 0 aliphatic heterocycles. The molecule has 0 spiro atoms. The van der Waals surface area contributed by atoms with Crippen LogP contribution < -0.4 is 15.6 Å². The number of halogens is 1. The van der Waals surface area contributed by atoms with Crippen molar-refractivity contribution in [1.29, 1.82) is 0 Å². The summed E-state index contributed by atoms with van der Waals surface area (Å²) in [6, 6.07) is 5.67. The van der Waals surface area contributed by atoms with E-state index in [0.717, 1.165) is 10.9 Å². The predicted molar refractivity (Wildman–Crippen MR) is 81.8 cm³/mol. The Balaban J connectivity index is 2.34. The van der Waals surface area contributed by atoms with E-state index >= 15 is 0 Å². The summed E-state index contributed by atoms with van der Waals surface area (Å²) in [5, 5.41) is 0. The predicted octanol–water partition coefficient (Wildman–Crippen LogP) is 1.57. The number of rotatable bonds is 7. The van der Waals surface area contributed by atoms with Crippen molar-refractivity contribution in [2.45, 2.75) is 20.3 Å². The van der Waals surface area contributed by atoms with E-state index in [1.54, 1.807) is 13.0 Å². The van der Waals surface area contributed by atoms with Crippen LogP contribution in [0.15, 0.2) is 22.7 Å². The molecule has 0 fully saturated rings. The molecule has 2 amide bonds. The van der Waals surface area contributed by atoms with E-state index in [1.807, 2.05) is 12.1 Å². The molecule has 0 heterocycles. The molecule has 2 N–H and O–H groups in total. The van der Waals surface area contributed by atoms with Gasteiger partial charge in [-0.2, -0.15) is 0 Å². The van der Waals surface area contributed by atoms with Crippen LogP contribution in [0.1, 0.15) is 19.4 Å². The molecule has 1 aromatic carbocycles. The van der Waals surface area contributed by atoms with Gasteiger partial charge >= 0.3 is 0 Å². The summed E-state index contributed by atoms with van der Waals surface area (Å²) >= 11 is 3.39. The topological polar surface area (TPSA) is 76.7 Å². The van der Waals surface area contributed by atoms with Crippen molar-refractivity contribution in [2.24, 2.45) is 0 Å². The summed E-state index contributed by atoms with van der Waals surface area (Å²) < 4.78 is 11.1. The minimum absolute atomic E-state index is 0.0956. The smallest absolute Gasteiger partial charge is 0.276 e. The molecule has 116 valence electrons. The second kappa shape index (κ2) is 9.36. The lowest BCUT2D eigenvalue weighted by molar-refractivity contribution is -0.132. The molecule has 0 aliphatic carbocycles. The first-order valence-corrected chi connectivity index (χ1v) is 7.42. The normalized spacial score (nSPS) is 10.0. The van der Waals surface area contributed by atoms with Crippen LogP contribution in [0.3, 0.4) is 0 Å². The first-order valence-electron chi connectivity index (χ1n) is 6.63. The highest BCUT2D eigenvalue weighted by atomic mass is 79.9. The highest BCUT2D eigenvalue weighted by Crippen LogP contribution is 2.26. The lowest BCUT2D eigenvalue weighted by Gasteiger charge is -2.10. The van der Waals surface area contributed by atoms with Gasteiger partial charge in [0.25, 0.3) is 11.8 Å². The van der Waals surface area contributed by atoms with E-state index in [2.05, 4.69) is 33.7 Å². The number of carbonyl (C=O) groups is 2. The zero-order chi connectivity index (χ0) is 15.7. The van der Waals surface area contributed by atoms with E-state index in [4.69, 9.17) is 9.47 Å². The summed E-state index contributed by atoms with van der Waals surface area (Å²) in [4.78, 5) is 22.7. The van der Waals surface area contributed by atoms with Crippen molar-refractivity contribution >= 4 is 27.7 Å². The molecule has 0 bridgehead atoms. The lowest BCUT2D eigenvalue weighted by Crippen LogP contribution is -2.45. The third-order valence-electron chi connectivity index (χ3n) is 2.54. The Labute approximate surface area is 132 Å². The first-order chi connectivity index (χ1) is 10.1. The highest BCUT2D eigenvalue weighted by Gasteiger charge is 2.07. The first kappa shape index (κ1) is 17.5. The van der Waals surface area contributed by atoms with Crippen LogP contribution >= 0.6 is 15.9 Å². The van der Waals surface area contributed by atoms with Gasteiger partial charge in [-0.15, -0.1) is 0 Å². The Morgan fingerprint density at radius 3 is 2.38 bits per heavy atom. The molecule has 6 nitrogen and oxygen atoms in total. The average Bonchev–Trinajstić information content (AvgIpc) is 2.49. The second-order valence-corrected chi connectivity index (χ2v) is 4.99. The number of carbonyl (C=O) groups excluding carboxylic acids is 2. The monoisotopic (exact) mass is 358 g/mol.